The highest BCUT2D eigenvalue weighted by molar-refractivity contribution is 5.89. The summed E-state index contributed by atoms with van der Waals surface area (Å²) in [4.78, 5) is 51.7. The molecule has 0 saturated carbocycles. The number of fused-ring (bicyclic) bond motifs is 5. The number of aromatic nitrogens is 2. The Balaban J connectivity index is 1.40. The van der Waals surface area contributed by atoms with Crippen molar-refractivity contribution in [2.45, 2.75) is 45.4 Å². The second-order valence-corrected chi connectivity index (χ2v) is 9.51. The molecule has 0 saturated heterocycles. The number of aryl methyl sites for hydroxylation is 2. The molecule has 4 heterocycles. The smallest absolute Gasteiger partial charge is 0.340 e. The Morgan fingerprint density at radius 3 is 2.90 bits per heavy atom. The monoisotopic (exact) mass is 538 g/mol. The number of hydrogen-bond acceptors (Lipinski definition) is 8. The Morgan fingerprint density at radius 2 is 2.10 bits per heavy atom. The number of nitrogens with zero attached hydrogens (tertiary/aromatic N) is 2. The highest BCUT2D eigenvalue weighted by Gasteiger charge is 2.34. The van der Waals surface area contributed by atoms with Gasteiger partial charge in [0.2, 0.25) is 12.3 Å². The molecule has 204 valence electrons. The van der Waals surface area contributed by atoms with Gasteiger partial charge in [0.25, 0.3) is 5.56 Å². The van der Waals surface area contributed by atoms with Crippen LogP contribution in [0.5, 0.6) is 0 Å². The van der Waals surface area contributed by atoms with Crippen LogP contribution in [0.3, 0.4) is 0 Å². The first-order chi connectivity index (χ1) is 18.8. The van der Waals surface area contributed by atoms with E-state index in [9.17, 15) is 28.7 Å². The Kier molecular flexibility index (Phi) is 7.40. The lowest BCUT2D eigenvalue weighted by atomic mass is 9.94. The van der Waals surface area contributed by atoms with E-state index in [2.05, 4.69) is 10.6 Å². The summed E-state index contributed by atoms with van der Waals surface area (Å²) in [6.07, 6.45) is 0.886. The van der Waals surface area contributed by atoms with Crippen LogP contribution in [0.15, 0.2) is 23.0 Å². The molecule has 1 aromatic carbocycles. The molecule has 1 unspecified atom stereocenters. The number of esters is 1. The molecule has 3 N–H and O–H groups in total. The largest absolute Gasteiger partial charge is 0.458 e. The first-order valence-electron chi connectivity index (χ1n) is 12.5. The first kappa shape index (κ1) is 26.4. The Morgan fingerprint density at radius 1 is 1.28 bits per heavy atom. The number of ether oxygens (including phenoxy) is 2. The molecule has 1 atom stereocenters. The van der Waals surface area contributed by atoms with Crippen LogP contribution in [0.1, 0.15) is 46.8 Å². The maximum atomic E-state index is 14.5. The summed E-state index contributed by atoms with van der Waals surface area (Å²) >= 11 is 0. The molecule has 5 rings (SSSR count). The number of nitrogens with one attached hydrogen (secondary N) is 2. The maximum absolute atomic E-state index is 14.5. The molecule has 3 aromatic rings. The van der Waals surface area contributed by atoms with Crippen LogP contribution in [-0.4, -0.2) is 52.8 Å². The molecule has 12 heteroatoms. The molecule has 2 aliphatic rings. The summed E-state index contributed by atoms with van der Waals surface area (Å²) in [6.45, 7) is 2.02. The number of cyclic esters (lactones) is 1. The van der Waals surface area contributed by atoms with Crippen molar-refractivity contribution in [3.63, 3.8) is 0 Å². The second kappa shape index (κ2) is 10.9. The summed E-state index contributed by atoms with van der Waals surface area (Å²) < 4.78 is 26.5. The van der Waals surface area contributed by atoms with Crippen LogP contribution < -0.4 is 16.2 Å². The third kappa shape index (κ3) is 5.00. The topological polar surface area (TPSA) is 149 Å². The van der Waals surface area contributed by atoms with Gasteiger partial charge in [-0.25, -0.2) is 14.2 Å². The van der Waals surface area contributed by atoms with Gasteiger partial charge in [-0.15, -0.1) is 0 Å². The number of carbonyl (C=O) groups is 3. The van der Waals surface area contributed by atoms with Gasteiger partial charge in [-0.3, -0.25) is 14.4 Å². The van der Waals surface area contributed by atoms with Crippen molar-refractivity contribution in [3.05, 3.63) is 62.2 Å². The minimum Gasteiger partial charge on any atom is -0.458 e. The van der Waals surface area contributed by atoms with Crippen molar-refractivity contribution in [1.82, 2.24) is 20.2 Å². The van der Waals surface area contributed by atoms with Crippen molar-refractivity contribution in [1.29, 1.82) is 0 Å². The minimum atomic E-state index is -1.55. The molecule has 0 fully saturated rings. The van der Waals surface area contributed by atoms with E-state index in [1.165, 1.54) is 6.07 Å². The van der Waals surface area contributed by atoms with Crippen LogP contribution in [-0.2, 0) is 43.4 Å². The van der Waals surface area contributed by atoms with E-state index in [-0.39, 0.29) is 49.0 Å². The number of hydrogen-bond donors (Lipinski definition) is 3. The van der Waals surface area contributed by atoms with E-state index in [4.69, 9.17) is 14.5 Å². The van der Waals surface area contributed by atoms with E-state index < -0.39 is 17.9 Å². The molecular weight excluding hydrogens is 511 g/mol. The number of carbonyl (C=O) groups excluding carboxylic acids is 3. The number of rotatable bonds is 10. The molecule has 0 bridgehead atoms. The van der Waals surface area contributed by atoms with Crippen LogP contribution in [0.25, 0.3) is 22.3 Å². The molecule has 2 aromatic heterocycles. The Bertz CT molecular complexity index is 1550. The zero-order valence-corrected chi connectivity index (χ0v) is 21.2. The standard InChI is InChI=1S/C27H27FN4O7/c1-14-6-16-15(4-2-3-5-38-13-30-23(34)9-29-12-33)18-10-32-22(24(18)31-21(16)8-20(14)28)7-17-19(26(32)36)11-39-27(37)25(17)35/h6-8,12,25,35H,2-5,9-11,13H2,1H3,(H,29,33)(H,30,34). The Hall–Kier alpha value is -4.16. The summed E-state index contributed by atoms with van der Waals surface area (Å²) in [5.74, 6) is -1.56. The molecule has 2 aliphatic heterocycles. The third-order valence-electron chi connectivity index (χ3n) is 7.04. The van der Waals surface area contributed by atoms with Gasteiger partial charge in [-0.1, -0.05) is 0 Å². The van der Waals surface area contributed by atoms with Crippen LogP contribution in [0.4, 0.5) is 4.39 Å². The van der Waals surface area contributed by atoms with Gasteiger partial charge in [-0.2, -0.15) is 0 Å². The number of benzene rings is 1. The number of pyridine rings is 2. The average molecular weight is 539 g/mol. The normalized spacial score (nSPS) is 15.4. The van der Waals surface area contributed by atoms with E-state index in [1.54, 1.807) is 23.6 Å². The van der Waals surface area contributed by atoms with Crippen molar-refractivity contribution >= 4 is 29.2 Å². The highest BCUT2D eigenvalue weighted by Crippen LogP contribution is 2.38. The zero-order chi connectivity index (χ0) is 27.7. The lowest BCUT2D eigenvalue weighted by Gasteiger charge is -2.21. The molecule has 11 nitrogen and oxygen atoms in total. The van der Waals surface area contributed by atoms with Crippen molar-refractivity contribution in [3.8, 4) is 11.4 Å². The van der Waals surface area contributed by atoms with Crippen LogP contribution >= 0.6 is 0 Å². The minimum absolute atomic E-state index is 0.0202. The lowest BCUT2D eigenvalue weighted by molar-refractivity contribution is -0.157. The maximum Gasteiger partial charge on any atom is 0.340 e. The third-order valence-corrected chi connectivity index (χ3v) is 7.04. The highest BCUT2D eigenvalue weighted by atomic mass is 19.1. The number of amides is 2. The summed E-state index contributed by atoms with van der Waals surface area (Å²) in [7, 11) is 0. The molecule has 0 aliphatic carbocycles. The van der Waals surface area contributed by atoms with E-state index in [0.29, 0.717) is 54.7 Å². The van der Waals surface area contributed by atoms with E-state index >= 15 is 0 Å². The van der Waals surface area contributed by atoms with Gasteiger partial charge in [0, 0.05) is 29.2 Å². The number of halogens is 1. The fourth-order valence-corrected chi connectivity index (χ4v) is 5.03. The van der Waals surface area contributed by atoms with Crippen LogP contribution in [0.2, 0.25) is 0 Å². The van der Waals surface area contributed by atoms with Gasteiger partial charge in [0.1, 0.15) is 19.2 Å². The fraction of sp³-hybridized carbons (Fsp3) is 0.370. The van der Waals surface area contributed by atoms with E-state index in [1.807, 2.05) is 0 Å². The van der Waals surface area contributed by atoms with Gasteiger partial charge >= 0.3 is 5.97 Å². The predicted molar refractivity (Wildman–Crippen MR) is 136 cm³/mol. The van der Waals surface area contributed by atoms with Crippen molar-refractivity contribution < 1.29 is 33.4 Å². The number of aliphatic hydroxyl groups is 1. The van der Waals surface area contributed by atoms with E-state index in [0.717, 1.165) is 16.5 Å². The quantitative estimate of drug-likeness (QED) is 0.118. The van der Waals surface area contributed by atoms with Gasteiger partial charge < -0.3 is 29.8 Å². The molecule has 2 amide bonds. The van der Waals surface area contributed by atoms with Crippen molar-refractivity contribution in [2.24, 2.45) is 0 Å². The number of aliphatic hydroxyl groups excluding tert-OH is 1. The van der Waals surface area contributed by atoms with Gasteiger partial charge in [-0.05, 0) is 49.4 Å². The molecular formula is C27H27FN4O7. The first-order valence-corrected chi connectivity index (χ1v) is 12.5. The lowest BCUT2D eigenvalue weighted by Crippen LogP contribution is -2.34. The van der Waals surface area contributed by atoms with Crippen LogP contribution in [0, 0.1) is 12.7 Å². The van der Waals surface area contributed by atoms with Gasteiger partial charge in [0.15, 0.2) is 6.10 Å². The summed E-state index contributed by atoms with van der Waals surface area (Å²) in [5.41, 5.74) is 3.79. The molecule has 0 radical (unpaired) electrons. The summed E-state index contributed by atoms with van der Waals surface area (Å²) in [5, 5.41) is 16.0. The van der Waals surface area contributed by atoms with Gasteiger partial charge in [0.05, 0.1) is 35.6 Å². The van der Waals surface area contributed by atoms with Crippen molar-refractivity contribution in [2.75, 3.05) is 19.9 Å². The summed E-state index contributed by atoms with van der Waals surface area (Å²) in [6, 6.07) is 4.75. The molecule has 0 spiro atoms. The molecule has 39 heavy (non-hydrogen) atoms. The number of unbranched alkanes of at least 4 members (excludes halogenated alkanes) is 1. The average Bonchev–Trinajstić information content (AvgIpc) is 3.28. The SMILES string of the molecule is Cc1cc2c(CCCCOCNC(=O)CNC=O)c3c(nc2cc1F)-c1cc2c(c(=O)n1C3)COC(=O)C2O. The zero-order valence-electron chi connectivity index (χ0n) is 21.2. The second-order valence-electron chi connectivity index (χ2n) is 9.51. The fourth-order valence-electron chi connectivity index (χ4n) is 5.03. The Labute approximate surface area is 221 Å². The predicted octanol–water partition coefficient (Wildman–Crippen LogP) is 1.12.